The fourth-order valence-electron chi connectivity index (χ4n) is 4.19. The lowest BCUT2D eigenvalue weighted by molar-refractivity contribution is -0.137. The number of halogens is 3. The zero-order valence-corrected chi connectivity index (χ0v) is 16.8. The second-order valence-corrected chi connectivity index (χ2v) is 7.94. The molecule has 0 spiro atoms. The van der Waals surface area contributed by atoms with Gasteiger partial charge in [-0.1, -0.05) is 43.7 Å². The van der Waals surface area contributed by atoms with Gasteiger partial charge in [-0.05, 0) is 36.1 Å². The molecular formula is C23H24F3N3O. The van der Waals surface area contributed by atoms with Gasteiger partial charge in [-0.15, -0.1) is 0 Å². The van der Waals surface area contributed by atoms with E-state index in [1.165, 1.54) is 6.07 Å². The second-order valence-electron chi connectivity index (χ2n) is 7.94. The van der Waals surface area contributed by atoms with Gasteiger partial charge in [0, 0.05) is 19.4 Å². The average Bonchev–Trinajstić information content (AvgIpc) is 3.22. The first-order chi connectivity index (χ1) is 14.3. The Bertz CT molecular complexity index is 1040. The minimum absolute atomic E-state index is 0.0906. The third-order valence-corrected chi connectivity index (χ3v) is 5.66. The van der Waals surface area contributed by atoms with Crippen LogP contribution in [0.2, 0.25) is 0 Å². The van der Waals surface area contributed by atoms with Gasteiger partial charge in [-0.25, -0.2) is 4.98 Å². The van der Waals surface area contributed by atoms with E-state index in [9.17, 15) is 18.0 Å². The molecular weight excluding hydrogens is 391 g/mol. The quantitative estimate of drug-likeness (QED) is 0.551. The molecule has 0 radical (unpaired) electrons. The van der Waals surface area contributed by atoms with Crippen LogP contribution in [0.5, 0.6) is 0 Å². The number of nitrogens with zero attached hydrogens (tertiary/aromatic N) is 3. The maximum Gasteiger partial charge on any atom is 0.416 e. The SMILES string of the molecule is CCCC1CC(=O)N(Cn2c(Cc3ccccc3)nc3cc(C(F)(F)F)ccc32)C1. The predicted octanol–water partition coefficient (Wildman–Crippen LogP) is 5.25. The number of benzene rings is 2. The van der Waals surface area contributed by atoms with Gasteiger partial charge in [0.1, 0.15) is 5.82 Å². The van der Waals surface area contributed by atoms with E-state index >= 15 is 0 Å². The van der Waals surface area contributed by atoms with Crippen LogP contribution in [0.25, 0.3) is 11.0 Å². The van der Waals surface area contributed by atoms with Crippen LogP contribution in [0.3, 0.4) is 0 Å². The lowest BCUT2D eigenvalue weighted by atomic mass is 10.0. The van der Waals surface area contributed by atoms with E-state index in [2.05, 4.69) is 11.9 Å². The van der Waals surface area contributed by atoms with Crippen molar-refractivity contribution in [2.45, 2.75) is 45.5 Å². The van der Waals surface area contributed by atoms with Gasteiger partial charge >= 0.3 is 6.18 Å². The predicted molar refractivity (Wildman–Crippen MR) is 109 cm³/mol. The Morgan fingerprint density at radius 2 is 1.90 bits per heavy atom. The molecule has 158 valence electrons. The Morgan fingerprint density at radius 3 is 2.60 bits per heavy atom. The van der Waals surface area contributed by atoms with Crippen molar-refractivity contribution in [3.63, 3.8) is 0 Å². The molecule has 1 amide bonds. The number of carbonyl (C=O) groups excluding carboxylic acids is 1. The highest BCUT2D eigenvalue weighted by Gasteiger charge is 2.32. The van der Waals surface area contributed by atoms with E-state index in [1.54, 1.807) is 4.90 Å². The van der Waals surface area contributed by atoms with Gasteiger partial charge in [0.05, 0.1) is 23.3 Å². The number of alkyl halides is 3. The molecule has 1 fully saturated rings. The Kier molecular flexibility index (Phi) is 5.54. The molecule has 30 heavy (non-hydrogen) atoms. The normalized spacial score (nSPS) is 17.3. The number of carbonyl (C=O) groups is 1. The fourth-order valence-corrected chi connectivity index (χ4v) is 4.19. The third kappa shape index (κ3) is 4.20. The molecule has 4 nitrogen and oxygen atoms in total. The molecule has 2 aromatic carbocycles. The monoisotopic (exact) mass is 415 g/mol. The number of likely N-dealkylation sites (tertiary alicyclic amines) is 1. The highest BCUT2D eigenvalue weighted by atomic mass is 19.4. The van der Waals surface area contributed by atoms with Gasteiger partial charge in [0.25, 0.3) is 0 Å². The maximum atomic E-state index is 13.2. The Hall–Kier alpha value is -2.83. The van der Waals surface area contributed by atoms with Gasteiger partial charge in [0.2, 0.25) is 5.91 Å². The minimum Gasteiger partial charge on any atom is -0.324 e. The van der Waals surface area contributed by atoms with Crippen LogP contribution in [0.4, 0.5) is 13.2 Å². The van der Waals surface area contributed by atoms with E-state index in [0.29, 0.717) is 48.8 Å². The lowest BCUT2D eigenvalue weighted by Gasteiger charge is -2.20. The first kappa shape index (κ1) is 20.4. The molecule has 0 N–H and O–H groups in total. The first-order valence-corrected chi connectivity index (χ1v) is 10.2. The van der Waals surface area contributed by atoms with Crippen LogP contribution in [0.1, 0.15) is 43.1 Å². The van der Waals surface area contributed by atoms with Gasteiger partial charge in [0.15, 0.2) is 0 Å². The van der Waals surface area contributed by atoms with Crippen LogP contribution >= 0.6 is 0 Å². The van der Waals surface area contributed by atoms with E-state index in [0.717, 1.165) is 30.5 Å². The van der Waals surface area contributed by atoms with Crippen molar-refractivity contribution < 1.29 is 18.0 Å². The van der Waals surface area contributed by atoms with Crippen molar-refractivity contribution in [3.05, 3.63) is 65.5 Å². The Morgan fingerprint density at radius 1 is 1.13 bits per heavy atom. The minimum atomic E-state index is -4.42. The molecule has 1 aliphatic heterocycles. The summed E-state index contributed by atoms with van der Waals surface area (Å²) >= 11 is 0. The van der Waals surface area contributed by atoms with E-state index in [1.807, 2.05) is 34.9 Å². The number of hydrogen-bond donors (Lipinski definition) is 0. The van der Waals surface area contributed by atoms with Crippen LogP contribution in [0, 0.1) is 5.92 Å². The number of imidazole rings is 1. The van der Waals surface area contributed by atoms with Gasteiger partial charge < -0.3 is 9.47 Å². The average molecular weight is 415 g/mol. The number of amides is 1. The first-order valence-electron chi connectivity index (χ1n) is 10.2. The Labute approximate surface area is 173 Å². The molecule has 4 rings (SSSR count). The van der Waals surface area contributed by atoms with Gasteiger partial charge in [-0.2, -0.15) is 13.2 Å². The molecule has 0 aliphatic carbocycles. The van der Waals surface area contributed by atoms with E-state index < -0.39 is 11.7 Å². The second kappa shape index (κ2) is 8.13. The molecule has 7 heteroatoms. The fraction of sp³-hybridized carbons (Fsp3) is 0.391. The standard InChI is InChI=1S/C23H24F3N3O/c1-2-6-17-12-22(30)28(14-17)15-29-20-10-9-18(23(24,25)26)13-19(20)27-21(29)11-16-7-4-3-5-8-16/h3-5,7-10,13,17H,2,6,11-12,14-15H2,1H3. The zero-order chi connectivity index (χ0) is 21.3. The van der Waals surface area contributed by atoms with Crippen molar-refractivity contribution in [1.29, 1.82) is 0 Å². The van der Waals surface area contributed by atoms with Crippen molar-refractivity contribution in [2.75, 3.05) is 6.54 Å². The van der Waals surface area contributed by atoms with Crippen molar-refractivity contribution in [2.24, 2.45) is 5.92 Å². The summed E-state index contributed by atoms with van der Waals surface area (Å²) in [5, 5.41) is 0. The van der Waals surface area contributed by atoms with Crippen molar-refractivity contribution in [1.82, 2.24) is 14.5 Å². The third-order valence-electron chi connectivity index (χ3n) is 5.66. The summed E-state index contributed by atoms with van der Waals surface area (Å²) in [5.41, 5.74) is 1.21. The summed E-state index contributed by atoms with van der Waals surface area (Å²) in [7, 11) is 0. The highest BCUT2D eigenvalue weighted by Crippen LogP contribution is 2.32. The van der Waals surface area contributed by atoms with Crippen molar-refractivity contribution >= 4 is 16.9 Å². The number of hydrogen-bond acceptors (Lipinski definition) is 2. The molecule has 2 heterocycles. The smallest absolute Gasteiger partial charge is 0.324 e. The maximum absolute atomic E-state index is 13.2. The lowest BCUT2D eigenvalue weighted by Crippen LogP contribution is -2.28. The molecule has 1 unspecified atom stereocenters. The molecule has 0 bridgehead atoms. The zero-order valence-electron chi connectivity index (χ0n) is 16.8. The number of aromatic nitrogens is 2. The summed E-state index contributed by atoms with van der Waals surface area (Å²) < 4.78 is 41.4. The summed E-state index contributed by atoms with van der Waals surface area (Å²) in [5.74, 6) is 1.09. The highest BCUT2D eigenvalue weighted by molar-refractivity contribution is 5.80. The molecule has 0 saturated carbocycles. The van der Waals surface area contributed by atoms with Crippen molar-refractivity contribution in [3.8, 4) is 0 Å². The van der Waals surface area contributed by atoms with Crippen LogP contribution in [-0.4, -0.2) is 26.9 Å². The molecule has 1 aliphatic rings. The van der Waals surface area contributed by atoms with Crippen LogP contribution < -0.4 is 0 Å². The summed E-state index contributed by atoms with van der Waals surface area (Å²) in [6, 6.07) is 13.3. The molecule has 1 saturated heterocycles. The molecule has 1 atom stereocenters. The molecule has 1 aromatic heterocycles. The summed E-state index contributed by atoms with van der Waals surface area (Å²) in [4.78, 5) is 18.8. The molecule has 3 aromatic rings. The van der Waals surface area contributed by atoms with E-state index in [-0.39, 0.29) is 5.91 Å². The Balaban J connectivity index is 1.71. The topological polar surface area (TPSA) is 38.1 Å². The van der Waals surface area contributed by atoms with Crippen LogP contribution in [0.15, 0.2) is 48.5 Å². The number of fused-ring (bicyclic) bond motifs is 1. The number of rotatable bonds is 6. The summed E-state index contributed by atoms with van der Waals surface area (Å²) in [6.45, 7) is 3.09. The largest absolute Gasteiger partial charge is 0.416 e. The van der Waals surface area contributed by atoms with Crippen LogP contribution in [-0.2, 0) is 24.1 Å². The van der Waals surface area contributed by atoms with Gasteiger partial charge in [-0.3, -0.25) is 4.79 Å². The van der Waals surface area contributed by atoms with E-state index in [4.69, 9.17) is 0 Å². The summed E-state index contributed by atoms with van der Waals surface area (Å²) in [6.07, 6.45) is -1.38.